The molecular formula is C11H11BrN2. The van der Waals surface area contributed by atoms with Gasteiger partial charge in [0, 0.05) is 5.69 Å². The SMILES string of the molecule is Brc1cccc2nc3c(n12)CCCC3. The summed E-state index contributed by atoms with van der Waals surface area (Å²) in [7, 11) is 0. The van der Waals surface area contributed by atoms with Crippen LogP contribution in [0.1, 0.15) is 24.2 Å². The number of fused-ring (bicyclic) bond motifs is 3. The van der Waals surface area contributed by atoms with E-state index in [0.717, 1.165) is 16.7 Å². The van der Waals surface area contributed by atoms with E-state index in [1.165, 1.54) is 30.7 Å². The molecule has 0 amide bonds. The molecule has 0 radical (unpaired) electrons. The molecule has 1 aliphatic rings. The highest BCUT2D eigenvalue weighted by molar-refractivity contribution is 9.10. The number of imidazole rings is 1. The Bertz CT molecular complexity index is 487. The highest BCUT2D eigenvalue weighted by Gasteiger charge is 2.16. The van der Waals surface area contributed by atoms with Crippen LogP contribution in [-0.4, -0.2) is 9.38 Å². The van der Waals surface area contributed by atoms with Crippen molar-refractivity contribution in [1.29, 1.82) is 0 Å². The minimum Gasteiger partial charge on any atom is -0.291 e. The van der Waals surface area contributed by atoms with E-state index in [9.17, 15) is 0 Å². The number of hydrogen-bond acceptors (Lipinski definition) is 1. The number of rotatable bonds is 0. The summed E-state index contributed by atoms with van der Waals surface area (Å²) in [6, 6.07) is 6.19. The predicted molar refractivity (Wildman–Crippen MR) is 59.5 cm³/mol. The minimum atomic E-state index is 1.08. The maximum Gasteiger partial charge on any atom is 0.138 e. The number of nitrogens with zero attached hydrogens (tertiary/aromatic N) is 2. The molecule has 3 rings (SSSR count). The van der Waals surface area contributed by atoms with Crippen molar-refractivity contribution in [2.75, 3.05) is 0 Å². The van der Waals surface area contributed by atoms with Gasteiger partial charge in [-0.25, -0.2) is 4.98 Å². The molecule has 2 heterocycles. The van der Waals surface area contributed by atoms with E-state index >= 15 is 0 Å². The first-order chi connectivity index (χ1) is 6.86. The lowest BCUT2D eigenvalue weighted by molar-refractivity contribution is 0.658. The van der Waals surface area contributed by atoms with E-state index in [2.05, 4.69) is 37.4 Å². The van der Waals surface area contributed by atoms with E-state index < -0.39 is 0 Å². The molecule has 2 nitrogen and oxygen atoms in total. The van der Waals surface area contributed by atoms with Gasteiger partial charge in [0.2, 0.25) is 0 Å². The molecule has 0 saturated heterocycles. The number of hydrogen-bond donors (Lipinski definition) is 0. The fourth-order valence-corrected chi connectivity index (χ4v) is 2.75. The molecule has 2 aromatic heterocycles. The van der Waals surface area contributed by atoms with Crippen LogP contribution >= 0.6 is 15.9 Å². The molecule has 0 atom stereocenters. The molecule has 0 saturated carbocycles. The largest absolute Gasteiger partial charge is 0.291 e. The van der Waals surface area contributed by atoms with Gasteiger partial charge in [-0.05, 0) is 53.7 Å². The van der Waals surface area contributed by atoms with Gasteiger partial charge in [-0.1, -0.05) is 6.07 Å². The Balaban J connectivity index is 2.38. The zero-order valence-electron chi connectivity index (χ0n) is 7.83. The van der Waals surface area contributed by atoms with Crippen LogP contribution in [0.4, 0.5) is 0 Å². The van der Waals surface area contributed by atoms with Crippen LogP contribution in [0, 0.1) is 0 Å². The fraction of sp³-hybridized carbons (Fsp3) is 0.364. The van der Waals surface area contributed by atoms with E-state index in [1.54, 1.807) is 0 Å². The smallest absolute Gasteiger partial charge is 0.138 e. The lowest BCUT2D eigenvalue weighted by atomic mass is 10.0. The Kier molecular flexibility index (Phi) is 1.87. The summed E-state index contributed by atoms with van der Waals surface area (Å²) in [5, 5.41) is 0. The van der Waals surface area contributed by atoms with E-state index in [4.69, 9.17) is 0 Å². The van der Waals surface area contributed by atoms with E-state index in [0.29, 0.717) is 0 Å². The van der Waals surface area contributed by atoms with Crippen molar-refractivity contribution in [3.05, 3.63) is 34.2 Å². The van der Waals surface area contributed by atoms with Crippen LogP contribution in [0.2, 0.25) is 0 Å². The maximum atomic E-state index is 4.65. The molecule has 0 spiro atoms. The third-order valence-electron chi connectivity index (χ3n) is 2.85. The monoisotopic (exact) mass is 250 g/mol. The highest BCUT2D eigenvalue weighted by atomic mass is 79.9. The third-order valence-corrected chi connectivity index (χ3v) is 3.47. The van der Waals surface area contributed by atoms with Gasteiger partial charge >= 0.3 is 0 Å². The summed E-state index contributed by atoms with van der Waals surface area (Å²) in [4.78, 5) is 4.65. The molecule has 14 heavy (non-hydrogen) atoms. The standard InChI is InChI=1S/C11H11BrN2/c12-10-6-3-7-11-13-8-4-1-2-5-9(8)14(10)11/h3,6-7H,1-2,4-5H2. The van der Waals surface area contributed by atoms with Crippen molar-refractivity contribution < 1.29 is 0 Å². The molecule has 0 aliphatic heterocycles. The summed E-state index contributed by atoms with van der Waals surface area (Å²) in [6.45, 7) is 0. The topological polar surface area (TPSA) is 17.3 Å². The van der Waals surface area contributed by atoms with Gasteiger partial charge < -0.3 is 0 Å². The molecule has 1 aliphatic carbocycles. The van der Waals surface area contributed by atoms with Crippen LogP contribution in [0.5, 0.6) is 0 Å². The van der Waals surface area contributed by atoms with Crippen molar-refractivity contribution in [1.82, 2.24) is 9.38 Å². The van der Waals surface area contributed by atoms with Crippen molar-refractivity contribution in [3.8, 4) is 0 Å². The first-order valence-electron chi connectivity index (χ1n) is 5.01. The number of aromatic nitrogens is 2. The van der Waals surface area contributed by atoms with Crippen LogP contribution in [0.25, 0.3) is 5.65 Å². The lowest BCUT2D eigenvalue weighted by Gasteiger charge is -2.10. The number of aryl methyl sites for hydroxylation is 2. The van der Waals surface area contributed by atoms with Gasteiger partial charge in [0.15, 0.2) is 0 Å². The Morgan fingerprint density at radius 1 is 1.21 bits per heavy atom. The molecular weight excluding hydrogens is 240 g/mol. The summed E-state index contributed by atoms with van der Waals surface area (Å²) < 4.78 is 3.35. The fourth-order valence-electron chi connectivity index (χ4n) is 2.20. The Morgan fingerprint density at radius 3 is 3.00 bits per heavy atom. The van der Waals surface area contributed by atoms with E-state index in [1.807, 2.05) is 6.07 Å². The summed E-state index contributed by atoms with van der Waals surface area (Å²) in [5.74, 6) is 0. The average molecular weight is 251 g/mol. The van der Waals surface area contributed by atoms with Crippen LogP contribution in [0.15, 0.2) is 22.8 Å². The second kappa shape index (κ2) is 3.09. The second-order valence-electron chi connectivity index (χ2n) is 3.75. The van der Waals surface area contributed by atoms with E-state index in [-0.39, 0.29) is 0 Å². The zero-order chi connectivity index (χ0) is 9.54. The molecule has 72 valence electrons. The van der Waals surface area contributed by atoms with Crippen LogP contribution in [-0.2, 0) is 12.8 Å². The molecule has 0 bridgehead atoms. The molecule has 3 heteroatoms. The van der Waals surface area contributed by atoms with Gasteiger partial charge in [0.25, 0.3) is 0 Å². The lowest BCUT2D eigenvalue weighted by Crippen LogP contribution is -2.04. The van der Waals surface area contributed by atoms with Gasteiger partial charge in [0.05, 0.1) is 10.3 Å². The normalized spacial score (nSPS) is 15.8. The van der Waals surface area contributed by atoms with Crippen molar-refractivity contribution in [3.63, 3.8) is 0 Å². The number of halogens is 1. The average Bonchev–Trinajstić information content (AvgIpc) is 2.57. The van der Waals surface area contributed by atoms with Crippen molar-refractivity contribution in [2.24, 2.45) is 0 Å². The Morgan fingerprint density at radius 2 is 2.07 bits per heavy atom. The Hall–Kier alpha value is -0.830. The van der Waals surface area contributed by atoms with Crippen molar-refractivity contribution in [2.45, 2.75) is 25.7 Å². The summed E-state index contributed by atoms with van der Waals surface area (Å²) >= 11 is 3.58. The van der Waals surface area contributed by atoms with Crippen LogP contribution in [0.3, 0.4) is 0 Å². The predicted octanol–water partition coefficient (Wildman–Crippen LogP) is 2.98. The second-order valence-corrected chi connectivity index (χ2v) is 4.57. The Labute approximate surface area is 91.1 Å². The zero-order valence-corrected chi connectivity index (χ0v) is 9.42. The maximum absolute atomic E-state index is 4.65. The van der Waals surface area contributed by atoms with Gasteiger partial charge in [-0.2, -0.15) is 0 Å². The van der Waals surface area contributed by atoms with Gasteiger partial charge in [-0.15, -0.1) is 0 Å². The molecule has 0 unspecified atom stereocenters. The summed E-state index contributed by atoms with van der Waals surface area (Å²) in [5.41, 5.74) is 3.77. The first kappa shape index (κ1) is 8.48. The van der Waals surface area contributed by atoms with Gasteiger partial charge in [0.1, 0.15) is 5.65 Å². The van der Waals surface area contributed by atoms with Gasteiger partial charge in [-0.3, -0.25) is 4.40 Å². The molecule has 0 N–H and O–H groups in total. The minimum absolute atomic E-state index is 1.08. The molecule has 0 aromatic carbocycles. The quantitative estimate of drug-likeness (QED) is 0.658. The van der Waals surface area contributed by atoms with Crippen LogP contribution < -0.4 is 0 Å². The van der Waals surface area contributed by atoms with Crippen molar-refractivity contribution >= 4 is 21.6 Å². The number of pyridine rings is 1. The third kappa shape index (κ3) is 1.12. The highest BCUT2D eigenvalue weighted by Crippen LogP contribution is 2.25. The molecule has 2 aromatic rings. The first-order valence-corrected chi connectivity index (χ1v) is 5.80. The molecule has 0 fully saturated rings. The summed E-state index contributed by atoms with van der Waals surface area (Å²) in [6.07, 6.45) is 4.89.